The van der Waals surface area contributed by atoms with Gasteiger partial charge in [-0.15, -0.1) is 0 Å². The van der Waals surface area contributed by atoms with Crippen molar-refractivity contribution in [2.24, 2.45) is 18.9 Å². The molecule has 170 valence electrons. The third kappa shape index (κ3) is 6.53. The average molecular weight is 428 g/mol. The number of imidazole rings is 1. The number of aryl methyl sites for hydroxylation is 2. The van der Waals surface area contributed by atoms with Crippen LogP contribution in [0, 0.1) is 25.7 Å². The third-order valence-electron chi connectivity index (χ3n) is 6.18. The second-order valence-electron chi connectivity index (χ2n) is 9.32. The van der Waals surface area contributed by atoms with Crippen molar-refractivity contribution in [2.75, 3.05) is 18.4 Å². The van der Waals surface area contributed by atoms with Gasteiger partial charge in [-0.25, -0.2) is 9.78 Å². The zero-order valence-electron chi connectivity index (χ0n) is 19.8. The maximum Gasteiger partial charge on any atom is 0.414 e. The molecule has 7 nitrogen and oxygen atoms in total. The van der Waals surface area contributed by atoms with E-state index >= 15 is 0 Å². The van der Waals surface area contributed by atoms with Gasteiger partial charge in [-0.1, -0.05) is 13.8 Å². The van der Waals surface area contributed by atoms with Gasteiger partial charge in [0.1, 0.15) is 6.10 Å². The number of hydrogen-bond acceptors (Lipinski definition) is 5. The van der Waals surface area contributed by atoms with E-state index in [1.807, 2.05) is 38.6 Å². The molecule has 3 heterocycles. The van der Waals surface area contributed by atoms with Crippen LogP contribution in [0.5, 0.6) is 0 Å². The van der Waals surface area contributed by atoms with Crippen molar-refractivity contribution < 1.29 is 9.53 Å². The zero-order valence-corrected chi connectivity index (χ0v) is 19.8. The molecule has 1 N–H and O–H groups in total. The highest BCUT2D eigenvalue weighted by Crippen LogP contribution is 2.23. The normalized spacial score (nSPS) is 18.2. The summed E-state index contributed by atoms with van der Waals surface area (Å²) in [4.78, 5) is 23.5. The maximum atomic E-state index is 12.1. The minimum atomic E-state index is -0.456. The molecule has 1 aliphatic heterocycles. The number of nitrogens with one attached hydrogen (secondary N) is 1. The largest absolute Gasteiger partial charge is 0.446 e. The first-order valence-corrected chi connectivity index (χ1v) is 11.4. The molecule has 7 heteroatoms. The van der Waals surface area contributed by atoms with E-state index in [4.69, 9.17) is 4.74 Å². The summed E-state index contributed by atoms with van der Waals surface area (Å²) in [6, 6.07) is 4.43. The SMILES string of the molecule is Cc1cc(C[C@H]2CCCN(Cc3cnc(NC(=O)OC(C)C(C)C)n3C)C2)cc(C)n1. The Morgan fingerprint density at radius 2 is 1.97 bits per heavy atom. The summed E-state index contributed by atoms with van der Waals surface area (Å²) in [6.45, 7) is 13.1. The summed E-state index contributed by atoms with van der Waals surface area (Å²) in [5.74, 6) is 1.44. The number of aromatic nitrogens is 3. The van der Waals surface area contributed by atoms with Crippen LogP contribution in [0.2, 0.25) is 0 Å². The summed E-state index contributed by atoms with van der Waals surface area (Å²) in [6.07, 6.45) is 4.81. The number of anilines is 1. The minimum Gasteiger partial charge on any atom is -0.446 e. The Bertz CT molecular complexity index is 872. The van der Waals surface area contributed by atoms with Crippen molar-refractivity contribution in [3.8, 4) is 0 Å². The van der Waals surface area contributed by atoms with Gasteiger partial charge in [0.2, 0.25) is 5.95 Å². The predicted molar refractivity (Wildman–Crippen MR) is 123 cm³/mol. The number of pyridine rings is 1. The lowest BCUT2D eigenvalue weighted by Crippen LogP contribution is -2.36. The molecule has 3 rings (SSSR count). The van der Waals surface area contributed by atoms with Gasteiger partial charge >= 0.3 is 6.09 Å². The fourth-order valence-electron chi connectivity index (χ4n) is 4.20. The molecule has 2 aromatic rings. The number of rotatable bonds is 7. The monoisotopic (exact) mass is 427 g/mol. The lowest BCUT2D eigenvalue weighted by molar-refractivity contribution is 0.0938. The fourth-order valence-corrected chi connectivity index (χ4v) is 4.20. The fraction of sp³-hybridized carbons (Fsp3) is 0.625. The number of ether oxygens (including phenoxy) is 1. The molecular weight excluding hydrogens is 390 g/mol. The number of carbonyl (C=O) groups excluding carboxylic acids is 1. The van der Waals surface area contributed by atoms with Crippen LogP contribution in [0.15, 0.2) is 18.3 Å². The summed E-state index contributed by atoms with van der Waals surface area (Å²) in [7, 11) is 1.94. The molecule has 0 radical (unpaired) electrons. The van der Waals surface area contributed by atoms with E-state index in [1.54, 1.807) is 0 Å². The Morgan fingerprint density at radius 3 is 2.65 bits per heavy atom. The number of likely N-dealkylation sites (tertiary alicyclic amines) is 1. The van der Waals surface area contributed by atoms with Crippen molar-refractivity contribution in [1.29, 1.82) is 0 Å². The zero-order chi connectivity index (χ0) is 22.5. The van der Waals surface area contributed by atoms with Crippen LogP contribution in [0.4, 0.5) is 10.7 Å². The van der Waals surface area contributed by atoms with Crippen LogP contribution in [0.25, 0.3) is 0 Å². The highest BCUT2D eigenvalue weighted by molar-refractivity contribution is 5.82. The Kier molecular flexibility index (Phi) is 7.70. The Balaban J connectivity index is 1.56. The Morgan fingerprint density at radius 1 is 1.26 bits per heavy atom. The molecule has 1 aliphatic rings. The second kappa shape index (κ2) is 10.3. The molecule has 2 aromatic heterocycles. The van der Waals surface area contributed by atoms with Gasteiger partial charge in [-0.3, -0.25) is 15.2 Å². The lowest BCUT2D eigenvalue weighted by Gasteiger charge is -2.32. The van der Waals surface area contributed by atoms with E-state index in [9.17, 15) is 4.79 Å². The van der Waals surface area contributed by atoms with Crippen LogP contribution in [-0.4, -0.2) is 44.7 Å². The number of piperidine rings is 1. The summed E-state index contributed by atoms with van der Waals surface area (Å²) >= 11 is 0. The molecule has 31 heavy (non-hydrogen) atoms. The molecular formula is C24H37N5O2. The van der Waals surface area contributed by atoms with Crippen molar-refractivity contribution in [3.05, 3.63) is 41.0 Å². The van der Waals surface area contributed by atoms with Gasteiger partial charge in [0, 0.05) is 31.5 Å². The predicted octanol–water partition coefficient (Wildman–Crippen LogP) is 4.48. The van der Waals surface area contributed by atoms with E-state index in [-0.39, 0.29) is 12.0 Å². The molecule has 0 aromatic carbocycles. The van der Waals surface area contributed by atoms with Gasteiger partial charge in [0.15, 0.2) is 0 Å². The van der Waals surface area contributed by atoms with E-state index in [2.05, 4.69) is 46.2 Å². The Labute approximate surface area is 186 Å². The van der Waals surface area contributed by atoms with E-state index in [0.717, 1.165) is 43.1 Å². The molecule has 1 unspecified atom stereocenters. The van der Waals surface area contributed by atoms with Gasteiger partial charge in [-0.05, 0) is 76.1 Å². The van der Waals surface area contributed by atoms with Gasteiger partial charge in [0.05, 0.1) is 11.9 Å². The smallest absolute Gasteiger partial charge is 0.414 e. The van der Waals surface area contributed by atoms with Crippen LogP contribution in [0.1, 0.15) is 56.3 Å². The van der Waals surface area contributed by atoms with E-state index in [0.29, 0.717) is 11.9 Å². The third-order valence-corrected chi connectivity index (χ3v) is 6.18. The molecule has 1 saturated heterocycles. The first-order chi connectivity index (χ1) is 14.7. The summed E-state index contributed by atoms with van der Waals surface area (Å²) in [5.41, 5.74) is 4.67. The van der Waals surface area contributed by atoms with Crippen LogP contribution < -0.4 is 5.32 Å². The minimum absolute atomic E-state index is 0.141. The number of amides is 1. The highest BCUT2D eigenvalue weighted by Gasteiger charge is 2.22. The number of hydrogen-bond donors (Lipinski definition) is 1. The first kappa shape index (κ1) is 23.3. The molecule has 1 amide bonds. The average Bonchev–Trinajstić information content (AvgIpc) is 3.00. The quantitative estimate of drug-likeness (QED) is 0.705. The van der Waals surface area contributed by atoms with Gasteiger partial charge in [0.25, 0.3) is 0 Å². The second-order valence-corrected chi connectivity index (χ2v) is 9.32. The topological polar surface area (TPSA) is 72.3 Å². The number of nitrogens with zero attached hydrogens (tertiary/aromatic N) is 4. The van der Waals surface area contributed by atoms with Crippen molar-refractivity contribution in [3.63, 3.8) is 0 Å². The molecule has 0 spiro atoms. The van der Waals surface area contributed by atoms with E-state index < -0.39 is 6.09 Å². The first-order valence-electron chi connectivity index (χ1n) is 11.4. The molecule has 0 aliphatic carbocycles. The highest BCUT2D eigenvalue weighted by atomic mass is 16.6. The number of carbonyl (C=O) groups is 1. The molecule has 0 bridgehead atoms. The molecule has 1 fully saturated rings. The van der Waals surface area contributed by atoms with E-state index in [1.165, 1.54) is 18.4 Å². The lowest BCUT2D eigenvalue weighted by atomic mass is 9.91. The maximum absolute atomic E-state index is 12.1. The van der Waals surface area contributed by atoms with Gasteiger partial charge < -0.3 is 9.30 Å². The molecule has 2 atom stereocenters. The van der Waals surface area contributed by atoms with Crippen LogP contribution >= 0.6 is 0 Å². The Hall–Kier alpha value is -2.41. The van der Waals surface area contributed by atoms with Gasteiger partial charge in [-0.2, -0.15) is 0 Å². The summed E-state index contributed by atoms with van der Waals surface area (Å²) < 4.78 is 7.34. The van der Waals surface area contributed by atoms with Crippen molar-refractivity contribution in [1.82, 2.24) is 19.4 Å². The van der Waals surface area contributed by atoms with Crippen LogP contribution in [-0.2, 0) is 24.8 Å². The van der Waals surface area contributed by atoms with Crippen molar-refractivity contribution >= 4 is 12.0 Å². The van der Waals surface area contributed by atoms with Crippen molar-refractivity contribution in [2.45, 2.75) is 66.5 Å². The van der Waals surface area contributed by atoms with Crippen LogP contribution in [0.3, 0.4) is 0 Å². The standard InChI is InChI=1S/C24H37N5O2/c1-16(2)19(5)31-24(30)27-23-25-13-22(28(23)6)15-29-9-7-8-20(14-29)12-21-10-17(3)26-18(4)11-21/h10-11,13,16,19-20H,7-9,12,14-15H2,1-6H3,(H,25,27,30)/t19?,20-/m1/s1. The molecule has 0 saturated carbocycles. The summed E-state index contributed by atoms with van der Waals surface area (Å²) in [5, 5.41) is 2.77.